The van der Waals surface area contributed by atoms with Gasteiger partial charge in [-0.15, -0.1) is 11.3 Å². The first-order chi connectivity index (χ1) is 14.9. The van der Waals surface area contributed by atoms with Crippen molar-refractivity contribution >= 4 is 44.4 Å². The highest BCUT2D eigenvalue weighted by molar-refractivity contribution is 9.11. The number of hydrogen-bond donors (Lipinski definition) is 0. The van der Waals surface area contributed by atoms with Gasteiger partial charge in [0.05, 0.1) is 10.3 Å². The van der Waals surface area contributed by atoms with Crippen molar-refractivity contribution in [1.29, 1.82) is 0 Å². The maximum absolute atomic E-state index is 13.3. The summed E-state index contributed by atoms with van der Waals surface area (Å²) in [7, 11) is 0. The molecule has 2 heterocycles. The Labute approximate surface area is 196 Å². The normalized spacial score (nSPS) is 20.7. The Morgan fingerprint density at radius 1 is 0.903 bits per heavy atom. The third kappa shape index (κ3) is 3.85. The number of anilines is 2. The molecule has 3 nitrogen and oxygen atoms in total. The predicted octanol–water partition coefficient (Wildman–Crippen LogP) is 7.18. The van der Waals surface area contributed by atoms with E-state index in [1.807, 2.05) is 12.1 Å². The molecule has 1 aliphatic carbocycles. The average Bonchev–Trinajstić information content (AvgIpc) is 3.19. The molecule has 0 radical (unpaired) electrons. The molecule has 2 aromatic carbocycles. The van der Waals surface area contributed by atoms with E-state index in [2.05, 4.69) is 100 Å². The second-order valence-corrected chi connectivity index (χ2v) is 11.5. The highest BCUT2D eigenvalue weighted by atomic mass is 79.9. The van der Waals surface area contributed by atoms with Crippen LogP contribution in [0.2, 0.25) is 0 Å². The first-order valence-corrected chi connectivity index (χ1v) is 12.2. The van der Waals surface area contributed by atoms with Crippen LogP contribution in [0, 0.1) is 5.41 Å². The van der Waals surface area contributed by atoms with Gasteiger partial charge in [0, 0.05) is 33.9 Å². The van der Waals surface area contributed by atoms with E-state index in [9.17, 15) is 4.79 Å². The van der Waals surface area contributed by atoms with Crippen molar-refractivity contribution in [1.82, 2.24) is 0 Å². The van der Waals surface area contributed by atoms with Gasteiger partial charge in [-0.2, -0.15) is 0 Å². The van der Waals surface area contributed by atoms with Gasteiger partial charge in [0.2, 0.25) is 0 Å². The van der Waals surface area contributed by atoms with Crippen LogP contribution in [0.1, 0.15) is 37.7 Å². The lowest BCUT2D eigenvalue weighted by Gasteiger charge is -2.50. The molecule has 0 fully saturated rings. The van der Waals surface area contributed by atoms with Crippen LogP contribution in [-0.2, 0) is 4.79 Å². The van der Waals surface area contributed by atoms with Crippen molar-refractivity contribution in [3.8, 4) is 0 Å². The minimum absolute atomic E-state index is 0.0125. The van der Waals surface area contributed by atoms with E-state index < -0.39 is 0 Å². The van der Waals surface area contributed by atoms with Gasteiger partial charge in [-0.1, -0.05) is 50.2 Å². The number of ketones is 1. The zero-order valence-corrected chi connectivity index (χ0v) is 20.1. The molecule has 5 rings (SSSR count). The molecule has 0 bridgehead atoms. The molecule has 0 saturated heterocycles. The fourth-order valence-corrected chi connectivity index (χ4v) is 6.29. The van der Waals surface area contributed by atoms with Crippen molar-refractivity contribution in [2.75, 3.05) is 16.3 Å². The number of para-hydroxylation sites is 2. The quantitative estimate of drug-likeness (QED) is 0.386. The third-order valence-corrected chi connectivity index (χ3v) is 7.76. The maximum atomic E-state index is 13.3. The van der Waals surface area contributed by atoms with Crippen molar-refractivity contribution < 1.29 is 4.79 Å². The Hall–Kier alpha value is -2.37. The van der Waals surface area contributed by atoms with Crippen LogP contribution >= 0.6 is 27.3 Å². The Balaban J connectivity index is 1.75. The monoisotopic (exact) mass is 492 g/mol. The van der Waals surface area contributed by atoms with Gasteiger partial charge in [-0.25, -0.2) is 0 Å². The van der Waals surface area contributed by atoms with Crippen LogP contribution < -0.4 is 9.80 Å². The van der Waals surface area contributed by atoms with Crippen LogP contribution in [0.15, 0.2) is 87.9 Å². The standard InChI is InChI=1S/C26H25BrN2OS/c1-26(2)15-21-20(22(30)16-26)17-28(18-9-5-3-6-10-18)25(23-13-14-24(27)31-23)29(21)19-11-7-4-8-12-19/h3-14,25H,15-17H2,1-2H3. The average molecular weight is 493 g/mol. The number of carbonyl (C=O) groups excluding carboxylic acids is 1. The number of thiophene rings is 1. The fourth-order valence-electron chi connectivity index (χ4n) is 4.76. The molecule has 3 aromatic rings. The van der Waals surface area contributed by atoms with Gasteiger partial charge in [0.1, 0.15) is 6.17 Å². The molecular formula is C26H25BrN2OS. The maximum Gasteiger partial charge on any atom is 0.162 e. The fraction of sp³-hybridized carbons (Fsp3) is 0.269. The summed E-state index contributed by atoms with van der Waals surface area (Å²) in [6.07, 6.45) is 1.49. The zero-order valence-electron chi connectivity index (χ0n) is 17.7. The van der Waals surface area contributed by atoms with E-state index in [0.29, 0.717) is 13.0 Å². The number of hydrogen-bond acceptors (Lipinski definition) is 4. The van der Waals surface area contributed by atoms with Crippen molar-refractivity contribution in [2.24, 2.45) is 5.41 Å². The van der Waals surface area contributed by atoms with Crippen molar-refractivity contribution in [2.45, 2.75) is 32.9 Å². The summed E-state index contributed by atoms with van der Waals surface area (Å²) in [6, 6.07) is 25.3. The summed E-state index contributed by atoms with van der Waals surface area (Å²) in [4.78, 5) is 19.4. The second kappa shape index (κ2) is 7.95. The Bertz CT molecular complexity index is 1140. The number of halogens is 1. The van der Waals surface area contributed by atoms with Crippen molar-refractivity contribution in [3.63, 3.8) is 0 Å². The van der Waals surface area contributed by atoms with Crippen LogP contribution in [-0.4, -0.2) is 12.3 Å². The summed E-state index contributed by atoms with van der Waals surface area (Å²) >= 11 is 5.42. The molecule has 2 aliphatic rings. The van der Waals surface area contributed by atoms with Crippen LogP contribution in [0.25, 0.3) is 0 Å². The molecule has 0 N–H and O–H groups in total. The molecular weight excluding hydrogens is 468 g/mol. The molecule has 0 spiro atoms. The van der Waals surface area contributed by atoms with E-state index in [1.165, 1.54) is 10.6 Å². The van der Waals surface area contributed by atoms with Gasteiger partial charge < -0.3 is 9.80 Å². The Kier molecular flexibility index (Phi) is 5.27. The summed E-state index contributed by atoms with van der Waals surface area (Å²) in [5, 5.41) is 0. The van der Waals surface area contributed by atoms with Crippen LogP contribution in [0.4, 0.5) is 11.4 Å². The number of rotatable bonds is 3. The lowest BCUT2D eigenvalue weighted by atomic mass is 9.74. The van der Waals surface area contributed by atoms with Gasteiger partial charge >= 0.3 is 0 Å². The lowest BCUT2D eigenvalue weighted by Crippen LogP contribution is -2.50. The van der Waals surface area contributed by atoms with E-state index in [4.69, 9.17) is 0 Å². The first kappa shape index (κ1) is 20.5. The molecule has 5 heteroatoms. The van der Waals surface area contributed by atoms with E-state index in [1.54, 1.807) is 11.3 Å². The highest BCUT2D eigenvalue weighted by Crippen LogP contribution is 2.49. The molecule has 1 unspecified atom stereocenters. The largest absolute Gasteiger partial charge is 0.342 e. The second-order valence-electron chi connectivity index (χ2n) is 9.05. The van der Waals surface area contributed by atoms with Gasteiger partial charge in [0.15, 0.2) is 5.78 Å². The highest BCUT2D eigenvalue weighted by Gasteiger charge is 2.44. The van der Waals surface area contributed by atoms with E-state index >= 15 is 0 Å². The summed E-state index contributed by atoms with van der Waals surface area (Å²) in [6.45, 7) is 5.05. The van der Waals surface area contributed by atoms with Crippen LogP contribution in [0.3, 0.4) is 0 Å². The number of carbonyl (C=O) groups is 1. The molecule has 0 amide bonds. The SMILES string of the molecule is CC1(C)CC(=O)C2=C(C1)N(c1ccccc1)C(c1ccc(Br)s1)N(c1ccccc1)C2. The number of nitrogens with zero attached hydrogens (tertiary/aromatic N) is 2. The molecule has 1 atom stereocenters. The third-order valence-electron chi connectivity index (χ3n) is 6.10. The Morgan fingerprint density at radius 2 is 1.55 bits per heavy atom. The minimum atomic E-state index is -0.0432. The molecule has 0 saturated carbocycles. The molecule has 158 valence electrons. The lowest BCUT2D eigenvalue weighted by molar-refractivity contribution is -0.118. The van der Waals surface area contributed by atoms with Crippen LogP contribution in [0.5, 0.6) is 0 Å². The molecule has 31 heavy (non-hydrogen) atoms. The molecule has 1 aromatic heterocycles. The van der Waals surface area contributed by atoms with E-state index in [-0.39, 0.29) is 17.4 Å². The number of benzene rings is 2. The smallest absolute Gasteiger partial charge is 0.162 e. The van der Waals surface area contributed by atoms with Gasteiger partial charge in [-0.3, -0.25) is 4.79 Å². The van der Waals surface area contributed by atoms with Gasteiger partial charge in [0.25, 0.3) is 0 Å². The summed E-state index contributed by atoms with van der Waals surface area (Å²) in [5.74, 6) is 0.277. The minimum Gasteiger partial charge on any atom is -0.342 e. The summed E-state index contributed by atoms with van der Waals surface area (Å²) in [5.41, 5.74) is 4.34. The zero-order chi connectivity index (χ0) is 21.6. The first-order valence-electron chi connectivity index (χ1n) is 10.6. The van der Waals surface area contributed by atoms with E-state index in [0.717, 1.165) is 27.2 Å². The predicted molar refractivity (Wildman–Crippen MR) is 133 cm³/mol. The van der Waals surface area contributed by atoms with Crippen molar-refractivity contribution in [3.05, 3.63) is 92.7 Å². The molecule has 1 aliphatic heterocycles. The topological polar surface area (TPSA) is 23.6 Å². The van der Waals surface area contributed by atoms with Gasteiger partial charge in [-0.05, 0) is 64.2 Å². The summed E-state index contributed by atoms with van der Waals surface area (Å²) < 4.78 is 1.11. The number of Topliss-reactive ketones (excluding diaryl/α,β-unsaturated/α-hetero) is 1. The Morgan fingerprint density at radius 3 is 2.16 bits per heavy atom. The number of allylic oxidation sites excluding steroid dienone is 1.